The minimum atomic E-state index is -3.84. The van der Waals surface area contributed by atoms with E-state index in [4.69, 9.17) is 10.2 Å². The normalized spacial score (nSPS) is 11.8. The Morgan fingerprint density at radius 3 is 2.61 bits per heavy atom. The number of nitrogens with one attached hydrogen (secondary N) is 1. The number of anilines is 2. The van der Waals surface area contributed by atoms with Gasteiger partial charge in [0.25, 0.3) is 0 Å². The van der Waals surface area contributed by atoms with Gasteiger partial charge in [-0.2, -0.15) is 0 Å². The monoisotopic (exact) mass is 397 g/mol. The molecule has 0 saturated heterocycles. The Hall–Kier alpha value is -3.33. The molecule has 0 unspecified atom stereocenters. The van der Waals surface area contributed by atoms with Crippen molar-refractivity contribution in [2.24, 2.45) is 0 Å². The summed E-state index contributed by atoms with van der Waals surface area (Å²) in [5, 5.41) is 0. The van der Waals surface area contributed by atoms with Crippen molar-refractivity contribution in [3.8, 4) is 0 Å². The molecule has 1 aromatic carbocycles. The van der Waals surface area contributed by atoms with Gasteiger partial charge in [-0.3, -0.25) is 0 Å². The lowest BCUT2D eigenvalue weighted by atomic mass is 10.3. The second kappa shape index (κ2) is 7.01. The fourth-order valence-corrected chi connectivity index (χ4v) is 4.64. The second-order valence-electron chi connectivity index (χ2n) is 6.20. The van der Waals surface area contributed by atoms with Crippen LogP contribution in [0.2, 0.25) is 0 Å². The number of aromatic amines is 1. The Bertz CT molecular complexity index is 1200. The molecule has 0 atom stereocenters. The van der Waals surface area contributed by atoms with Gasteiger partial charge in [0.15, 0.2) is 5.82 Å². The molecule has 0 spiro atoms. The van der Waals surface area contributed by atoms with Crippen LogP contribution in [-0.2, 0) is 16.4 Å². The van der Waals surface area contributed by atoms with Crippen molar-refractivity contribution >= 4 is 32.5 Å². The van der Waals surface area contributed by atoms with E-state index < -0.39 is 9.84 Å². The molecule has 0 amide bonds. The minimum Gasteiger partial charge on any atom is -0.467 e. The van der Waals surface area contributed by atoms with E-state index in [2.05, 4.69) is 15.0 Å². The number of hydrogen-bond donors (Lipinski definition) is 2. The first-order chi connectivity index (χ1) is 13.5. The molecule has 0 saturated carbocycles. The molecule has 9 heteroatoms. The van der Waals surface area contributed by atoms with Crippen molar-refractivity contribution in [3.63, 3.8) is 0 Å². The molecule has 8 nitrogen and oxygen atoms in total. The average molecular weight is 397 g/mol. The van der Waals surface area contributed by atoms with E-state index >= 15 is 0 Å². The van der Waals surface area contributed by atoms with Crippen LogP contribution in [0.5, 0.6) is 0 Å². The number of H-pyrrole nitrogens is 1. The number of fused-ring (bicyclic) bond motifs is 1. The Morgan fingerprint density at radius 1 is 1.14 bits per heavy atom. The summed E-state index contributed by atoms with van der Waals surface area (Å²) >= 11 is 0. The molecule has 0 bridgehead atoms. The molecule has 3 aromatic heterocycles. The maximum atomic E-state index is 13.1. The molecule has 4 aromatic rings. The van der Waals surface area contributed by atoms with Crippen molar-refractivity contribution in [2.75, 3.05) is 17.2 Å². The van der Waals surface area contributed by atoms with E-state index in [1.807, 2.05) is 24.0 Å². The van der Waals surface area contributed by atoms with E-state index in [9.17, 15) is 8.42 Å². The summed E-state index contributed by atoms with van der Waals surface area (Å²) in [4.78, 5) is 13.6. The Kier molecular flexibility index (Phi) is 4.52. The number of sulfone groups is 1. The first-order valence-corrected chi connectivity index (χ1v) is 10.2. The SMILES string of the molecule is CCN(Cc1ccco1)c1ncnc2c(S(=O)(=O)c3ccccc3)c(N)[nH]c12. The van der Waals surface area contributed by atoms with Gasteiger partial charge in [0.2, 0.25) is 9.84 Å². The molecule has 144 valence electrons. The van der Waals surface area contributed by atoms with Crippen LogP contribution < -0.4 is 10.6 Å². The molecule has 0 radical (unpaired) electrons. The molecular weight excluding hydrogens is 378 g/mol. The van der Waals surface area contributed by atoms with E-state index in [0.717, 1.165) is 5.76 Å². The van der Waals surface area contributed by atoms with Gasteiger partial charge in [0, 0.05) is 6.54 Å². The zero-order valence-corrected chi connectivity index (χ0v) is 16.0. The quantitative estimate of drug-likeness (QED) is 0.513. The Morgan fingerprint density at radius 2 is 1.93 bits per heavy atom. The van der Waals surface area contributed by atoms with Crippen LogP contribution >= 0.6 is 0 Å². The van der Waals surface area contributed by atoms with Crippen LogP contribution in [0.25, 0.3) is 11.0 Å². The maximum Gasteiger partial charge on any atom is 0.212 e. The van der Waals surface area contributed by atoms with Gasteiger partial charge in [-0.25, -0.2) is 18.4 Å². The van der Waals surface area contributed by atoms with Crippen molar-refractivity contribution in [1.29, 1.82) is 0 Å². The molecule has 28 heavy (non-hydrogen) atoms. The lowest BCUT2D eigenvalue weighted by Gasteiger charge is -2.20. The third-order valence-corrected chi connectivity index (χ3v) is 6.32. The molecule has 0 aliphatic heterocycles. The zero-order chi connectivity index (χ0) is 19.7. The molecule has 0 aliphatic carbocycles. The highest BCUT2D eigenvalue weighted by atomic mass is 32.2. The summed E-state index contributed by atoms with van der Waals surface area (Å²) in [6.45, 7) is 3.09. The van der Waals surface area contributed by atoms with Crippen molar-refractivity contribution in [3.05, 3.63) is 60.8 Å². The van der Waals surface area contributed by atoms with Gasteiger partial charge in [-0.05, 0) is 31.2 Å². The number of hydrogen-bond acceptors (Lipinski definition) is 7. The lowest BCUT2D eigenvalue weighted by molar-refractivity contribution is 0.503. The fourth-order valence-electron chi connectivity index (χ4n) is 3.14. The third kappa shape index (κ3) is 2.99. The number of rotatable bonds is 6. The summed E-state index contributed by atoms with van der Waals surface area (Å²) < 4.78 is 31.7. The van der Waals surface area contributed by atoms with Crippen LogP contribution in [0.4, 0.5) is 11.6 Å². The van der Waals surface area contributed by atoms with Gasteiger partial charge in [0.1, 0.15) is 33.8 Å². The van der Waals surface area contributed by atoms with E-state index in [1.54, 1.807) is 24.5 Å². The van der Waals surface area contributed by atoms with E-state index in [-0.39, 0.29) is 21.1 Å². The molecule has 4 rings (SSSR count). The largest absolute Gasteiger partial charge is 0.467 e. The predicted octanol–water partition coefficient (Wildman–Crippen LogP) is 2.99. The highest BCUT2D eigenvalue weighted by Crippen LogP contribution is 2.35. The molecule has 0 aliphatic rings. The number of aromatic nitrogens is 3. The van der Waals surface area contributed by atoms with E-state index in [1.165, 1.54) is 18.5 Å². The fraction of sp³-hybridized carbons (Fsp3) is 0.158. The van der Waals surface area contributed by atoms with Crippen LogP contribution in [0.1, 0.15) is 12.7 Å². The molecule has 0 fully saturated rings. The second-order valence-corrected chi connectivity index (χ2v) is 8.09. The summed E-state index contributed by atoms with van der Waals surface area (Å²) in [6, 6.07) is 11.8. The van der Waals surface area contributed by atoms with Crippen LogP contribution in [0, 0.1) is 0 Å². The highest BCUT2D eigenvalue weighted by molar-refractivity contribution is 7.92. The summed E-state index contributed by atoms with van der Waals surface area (Å²) in [5.41, 5.74) is 6.83. The third-order valence-electron chi connectivity index (χ3n) is 4.48. The van der Waals surface area contributed by atoms with Crippen LogP contribution in [0.15, 0.2) is 69.3 Å². The maximum absolute atomic E-state index is 13.1. The first-order valence-electron chi connectivity index (χ1n) is 8.72. The Labute approximate surface area is 161 Å². The van der Waals surface area contributed by atoms with Crippen LogP contribution in [-0.4, -0.2) is 29.9 Å². The number of nitrogen functional groups attached to an aromatic ring is 1. The molecular formula is C19H19N5O3S. The van der Waals surface area contributed by atoms with Gasteiger partial charge >= 0.3 is 0 Å². The smallest absolute Gasteiger partial charge is 0.212 e. The predicted molar refractivity (Wildman–Crippen MR) is 106 cm³/mol. The van der Waals surface area contributed by atoms with Gasteiger partial charge in [-0.1, -0.05) is 18.2 Å². The summed E-state index contributed by atoms with van der Waals surface area (Å²) in [6.07, 6.45) is 2.95. The summed E-state index contributed by atoms with van der Waals surface area (Å²) in [7, 11) is -3.84. The molecule has 3 heterocycles. The number of nitrogens with two attached hydrogens (primary N) is 1. The lowest BCUT2D eigenvalue weighted by Crippen LogP contribution is -2.23. The Balaban J connectivity index is 1.86. The van der Waals surface area contributed by atoms with Gasteiger partial charge < -0.3 is 20.0 Å². The van der Waals surface area contributed by atoms with Crippen molar-refractivity contribution < 1.29 is 12.8 Å². The van der Waals surface area contributed by atoms with Crippen LogP contribution in [0.3, 0.4) is 0 Å². The number of furan rings is 1. The van der Waals surface area contributed by atoms with E-state index in [0.29, 0.717) is 24.4 Å². The highest BCUT2D eigenvalue weighted by Gasteiger charge is 2.28. The topological polar surface area (TPSA) is 118 Å². The van der Waals surface area contributed by atoms with Crippen molar-refractivity contribution in [2.45, 2.75) is 23.3 Å². The minimum absolute atomic E-state index is 0.0357. The number of nitrogens with zero attached hydrogens (tertiary/aromatic N) is 3. The first kappa shape index (κ1) is 18.1. The number of benzene rings is 1. The average Bonchev–Trinajstić information content (AvgIpc) is 3.33. The summed E-state index contributed by atoms with van der Waals surface area (Å²) in [5.74, 6) is 1.37. The standard InChI is InChI=1S/C19H19N5O3S/c1-2-24(11-13-7-6-10-27-13)19-16-15(21-12-22-19)17(18(20)23-16)28(25,26)14-8-4-3-5-9-14/h3-10,12,23H,2,11,20H2,1H3. The van der Waals surface area contributed by atoms with Gasteiger partial charge in [0.05, 0.1) is 17.7 Å². The van der Waals surface area contributed by atoms with Gasteiger partial charge in [-0.15, -0.1) is 0 Å². The zero-order valence-electron chi connectivity index (χ0n) is 15.2. The molecule has 3 N–H and O–H groups in total. The van der Waals surface area contributed by atoms with Crippen molar-refractivity contribution in [1.82, 2.24) is 15.0 Å².